The van der Waals surface area contributed by atoms with Gasteiger partial charge in [-0.25, -0.2) is 0 Å². The summed E-state index contributed by atoms with van der Waals surface area (Å²) in [7, 11) is 0. The first kappa shape index (κ1) is 13.1. The lowest BCUT2D eigenvalue weighted by atomic mass is 10.1. The normalized spacial score (nSPS) is 10.2. The van der Waals surface area contributed by atoms with E-state index in [4.69, 9.17) is 5.73 Å². The summed E-state index contributed by atoms with van der Waals surface area (Å²) in [5.74, 6) is -0.390. The number of carbonyl (C=O) groups excluding carboxylic acids is 1. The Bertz CT molecular complexity index is 561. The summed E-state index contributed by atoms with van der Waals surface area (Å²) in [5.41, 5.74) is 9.18. The maximum absolute atomic E-state index is 11.3. The van der Waals surface area contributed by atoms with E-state index in [2.05, 4.69) is 24.4 Å². The average molecular weight is 254 g/mol. The predicted molar refractivity (Wildman–Crippen MR) is 78.1 cm³/mol. The second kappa shape index (κ2) is 6.05. The highest BCUT2D eigenvalue weighted by molar-refractivity contribution is 5.94. The summed E-state index contributed by atoms with van der Waals surface area (Å²) in [5, 5.41) is 3.30. The molecule has 0 fully saturated rings. The van der Waals surface area contributed by atoms with Crippen LogP contribution in [0.2, 0.25) is 0 Å². The second-order valence-electron chi connectivity index (χ2n) is 4.43. The smallest absolute Gasteiger partial charge is 0.249 e. The number of carbonyl (C=O) groups is 1. The minimum absolute atomic E-state index is 0.390. The first-order valence-corrected chi connectivity index (χ1v) is 6.41. The van der Waals surface area contributed by atoms with Crippen LogP contribution < -0.4 is 11.1 Å². The van der Waals surface area contributed by atoms with Gasteiger partial charge in [0.1, 0.15) is 0 Å². The fraction of sp³-hybridized carbons (Fsp3) is 0.188. The van der Waals surface area contributed by atoms with Gasteiger partial charge in [0, 0.05) is 17.8 Å². The third-order valence-electron chi connectivity index (χ3n) is 3.13. The van der Waals surface area contributed by atoms with E-state index in [1.807, 2.05) is 30.3 Å². The summed E-state index contributed by atoms with van der Waals surface area (Å²) in [6.45, 7) is 2.72. The van der Waals surface area contributed by atoms with E-state index in [1.165, 1.54) is 5.56 Å². The first-order valence-electron chi connectivity index (χ1n) is 6.41. The summed E-state index contributed by atoms with van der Waals surface area (Å²) in [6, 6.07) is 15.7. The van der Waals surface area contributed by atoms with Crippen molar-refractivity contribution in [3.05, 3.63) is 65.2 Å². The summed E-state index contributed by atoms with van der Waals surface area (Å²) in [6.07, 6.45) is 1.03. The van der Waals surface area contributed by atoms with Gasteiger partial charge in [-0.2, -0.15) is 0 Å². The molecule has 0 atom stereocenters. The molecule has 2 aromatic carbocycles. The monoisotopic (exact) mass is 254 g/mol. The molecule has 0 spiro atoms. The van der Waals surface area contributed by atoms with Crippen LogP contribution in [0.4, 0.5) is 5.69 Å². The summed E-state index contributed by atoms with van der Waals surface area (Å²) >= 11 is 0. The zero-order valence-corrected chi connectivity index (χ0v) is 11.0. The number of nitrogens with one attached hydrogen (secondary N) is 1. The molecular formula is C16H18N2O. The lowest BCUT2D eigenvalue weighted by molar-refractivity contribution is 0.0999. The van der Waals surface area contributed by atoms with Crippen molar-refractivity contribution in [1.29, 1.82) is 0 Å². The topological polar surface area (TPSA) is 55.1 Å². The number of hydrogen-bond acceptors (Lipinski definition) is 2. The van der Waals surface area contributed by atoms with Crippen LogP contribution >= 0.6 is 0 Å². The fourth-order valence-electron chi connectivity index (χ4n) is 1.97. The Hall–Kier alpha value is -2.29. The Kier molecular flexibility index (Phi) is 4.18. The van der Waals surface area contributed by atoms with Gasteiger partial charge in [-0.1, -0.05) is 37.3 Å². The largest absolute Gasteiger partial charge is 0.381 e. The Balaban J connectivity index is 2.07. The van der Waals surface area contributed by atoms with Gasteiger partial charge in [0.25, 0.3) is 0 Å². The molecular weight excluding hydrogens is 236 g/mol. The number of anilines is 1. The van der Waals surface area contributed by atoms with Crippen molar-refractivity contribution in [2.24, 2.45) is 5.73 Å². The Morgan fingerprint density at radius 3 is 2.42 bits per heavy atom. The van der Waals surface area contributed by atoms with Gasteiger partial charge in [-0.05, 0) is 35.7 Å². The molecule has 0 heterocycles. The van der Waals surface area contributed by atoms with Crippen LogP contribution in [0.1, 0.15) is 28.4 Å². The molecule has 0 aromatic heterocycles. The number of hydrogen-bond donors (Lipinski definition) is 2. The van der Waals surface area contributed by atoms with Crippen molar-refractivity contribution in [3.63, 3.8) is 0 Å². The standard InChI is InChI=1S/C16H18N2O/c1-2-12-7-9-14(10-8-12)18-11-13-5-3-4-6-15(13)16(17)19/h3-10,18H,2,11H2,1H3,(H2,17,19). The Morgan fingerprint density at radius 1 is 1.11 bits per heavy atom. The maximum atomic E-state index is 11.3. The number of nitrogens with two attached hydrogens (primary N) is 1. The van der Waals surface area contributed by atoms with Gasteiger partial charge in [0.15, 0.2) is 0 Å². The van der Waals surface area contributed by atoms with Crippen molar-refractivity contribution in [2.45, 2.75) is 19.9 Å². The SMILES string of the molecule is CCc1ccc(NCc2ccccc2C(N)=O)cc1. The molecule has 0 unspecified atom stereocenters. The maximum Gasteiger partial charge on any atom is 0.249 e. The minimum atomic E-state index is -0.390. The molecule has 19 heavy (non-hydrogen) atoms. The van der Waals surface area contributed by atoms with Crippen molar-refractivity contribution in [2.75, 3.05) is 5.32 Å². The molecule has 0 aliphatic carbocycles. The number of amides is 1. The van der Waals surface area contributed by atoms with Crippen LogP contribution in [0.5, 0.6) is 0 Å². The Morgan fingerprint density at radius 2 is 1.79 bits per heavy atom. The molecule has 3 heteroatoms. The zero-order chi connectivity index (χ0) is 13.7. The van der Waals surface area contributed by atoms with Crippen LogP contribution in [-0.2, 0) is 13.0 Å². The lowest BCUT2D eigenvalue weighted by Gasteiger charge is -2.10. The molecule has 0 aliphatic heterocycles. The van der Waals surface area contributed by atoms with Crippen LogP contribution in [-0.4, -0.2) is 5.91 Å². The molecule has 0 saturated carbocycles. The Labute approximate surface area is 113 Å². The molecule has 0 aliphatic rings. The molecule has 3 N–H and O–H groups in total. The molecule has 0 bridgehead atoms. The first-order chi connectivity index (χ1) is 9.20. The van der Waals surface area contributed by atoms with E-state index >= 15 is 0 Å². The van der Waals surface area contributed by atoms with Crippen LogP contribution in [0.25, 0.3) is 0 Å². The zero-order valence-electron chi connectivity index (χ0n) is 11.0. The highest BCUT2D eigenvalue weighted by Crippen LogP contribution is 2.13. The van der Waals surface area contributed by atoms with Crippen molar-refractivity contribution in [3.8, 4) is 0 Å². The highest BCUT2D eigenvalue weighted by Gasteiger charge is 2.06. The number of aryl methyl sites for hydroxylation is 1. The molecule has 0 radical (unpaired) electrons. The molecule has 3 nitrogen and oxygen atoms in total. The van der Waals surface area contributed by atoms with Gasteiger partial charge in [0.05, 0.1) is 0 Å². The third kappa shape index (κ3) is 3.35. The molecule has 2 rings (SSSR count). The molecule has 0 saturated heterocycles. The van der Waals surface area contributed by atoms with Crippen molar-refractivity contribution >= 4 is 11.6 Å². The average Bonchev–Trinajstić information content (AvgIpc) is 2.46. The molecule has 2 aromatic rings. The van der Waals surface area contributed by atoms with Crippen molar-refractivity contribution in [1.82, 2.24) is 0 Å². The fourth-order valence-corrected chi connectivity index (χ4v) is 1.97. The van der Waals surface area contributed by atoms with E-state index in [0.717, 1.165) is 17.7 Å². The quantitative estimate of drug-likeness (QED) is 0.862. The van der Waals surface area contributed by atoms with Gasteiger partial charge < -0.3 is 11.1 Å². The van der Waals surface area contributed by atoms with E-state index in [1.54, 1.807) is 6.07 Å². The minimum Gasteiger partial charge on any atom is -0.381 e. The van der Waals surface area contributed by atoms with E-state index in [-0.39, 0.29) is 0 Å². The summed E-state index contributed by atoms with van der Waals surface area (Å²) in [4.78, 5) is 11.3. The van der Waals surface area contributed by atoms with Crippen molar-refractivity contribution < 1.29 is 4.79 Å². The molecule has 98 valence electrons. The predicted octanol–water partition coefficient (Wildman–Crippen LogP) is 2.96. The lowest BCUT2D eigenvalue weighted by Crippen LogP contribution is -2.15. The number of rotatable bonds is 5. The number of benzene rings is 2. The summed E-state index contributed by atoms with van der Waals surface area (Å²) < 4.78 is 0. The van der Waals surface area contributed by atoms with Crippen LogP contribution in [0, 0.1) is 0 Å². The van der Waals surface area contributed by atoms with Gasteiger partial charge in [0.2, 0.25) is 5.91 Å². The van der Waals surface area contributed by atoms with Crippen LogP contribution in [0.15, 0.2) is 48.5 Å². The van der Waals surface area contributed by atoms with E-state index in [0.29, 0.717) is 12.1 Å². The van der Waals surface area contributed by atoms with Gasteiger partial charge in [-0.15, -0.1) is 0 Å². The van der Waals surface area contributed by atoms with E-state index in [9.17, 15) is 4.79 Å². The van der Waals surface area contributed by atoms with Gasteiger partial charge >= 0.3 is 0 Å². The number of primary amides is 1. The highest BCUT2D eigenvalue weighted by atomic mass is 16.1. The van der Waals surface area contributed by atoms with Crippen LogP contribution in [0.3, 0.4) is 0 Å². The second-order valence-corrected chi connectivity index (χ2v) is 4.43. The van der Waals surface area contributed by atoms with Gasteiger partial charge in [-0.3, -0.25) is 4.79 Å². The van der Waals surface area contributed by atoms with E-state index < -0.39 is 5.91 Å². The molecule has 1 amide bonds. The third-order valence-corrected chi connectivity index (χ3v) is 3.13.